The average Bonchev–Trinajstić information content (AvgIpc) is 2.49. The van der Waals surface area contributed by atoms with Crippen molar-refractivity contribution in [3.8, 4) is 0 Å². The highest BCUT2D eigenvalue weighted by atomic mass is 16.5. The van der Waals surface area contributed by atoms with Gasteiger partial charge < -0.3 is 10.3 Å². The molecule has 4 heteroatoms. The van der Waals surface area contributed by atoms with E-state index in [1.807, 2.05) is 0 Å². The molecule has 0 amide bonds. The molecule has 12 heavy (non-hydrogen) atoms. The zero-order valence-electron chi connectivity index (χ0n) is 6.71. The standard InChI is InChI=1S/C8H11N3O/c9-8(10)5-1-2-6-4-11-12-7(6)3-5/h4-5H,1-3H2,(H3,9,10)/t5-/m1/s1. The van der Waals surface area contributed by atoms with Crippen LogP contribution in [-0.4, -0.2) is 11.0 Å². The van der Waals surface area contributed by atoms with Crippen molar-refractivity contribution in [3.05, 3.63) is 17.5 Å². The number of rotatable bonds is 1. The van der Waals surface area contributed by atoms with Gasteiger partial charge in [-0.25, -0.2) is 0 Å². The maximum absolute atomic E-state index is 7.30. The molecule has 0 bridgehead atoms. The number of nitrogens with zero attached hydrogens (tertiary/aromatic N) is 1. The van der Waals surface area contributed by atoms with Crippen molar-refractivity contribution in [2.45, 2.75) is 19.3 Å². The summed E-state index contributed by atoms with van der Waals surface area (Å²) in [6, 6.07) is 0. The van der Waals surface area contributed by atoms with Crippen LogP contribution in [0.4, 0.5) is 0 Å². The van der Waals surface area contributed by atoms with Gasteiger partial charge in [-0.05, 0) is 12.8 Å². The summed E-state index contributed by atoms with van der Waals surface area (Å²) in [5.41, 5.74) is 6.59. The molecule has 4 nitrogen and oxygen atoms in total. The lowest BCUT2D eigenvalue weighted by Gasteiger charge is -2.18. The third-order valence-electron chi connectivity index (χ3n) is 2.36. The Morgan fingerprint density at radius 1 is 1.75 bits per heavy atom. The van der Waals surface area contributed by atoms with Gasteiger partial charge in [0.25, 0.3) is 0 Å². The predicted octanol–water partition coefficient (Wildman–Crippen LogP) is 0.715. The first-order valence-electron chi connectivity index (χ1n) is 4.03. The molecule has 2 rings (SSSR count). The molecule has 64 valence electrons. The lowest BCUT2D eigenvalue weighted by molar-refractivity contribution is 0.360. The van der Waals surface area contributed by atoms with E-state index >= 15 is 0 Å². The molecule has 0 fully saturated rings. The second-order valence-electron chi connectivity index (χ2n) is 3.17. The second kappa shape index (κ2) is 2.62. The molecule has 1 aliphatic carbocycles. The van der Waals surface area contributed by atoms with Crippen molar-refractivity contribution in [1.82, 2.24) is 5.16 Å². The average molecular weight is 165 g/mol. The highest BCUT2D eigenvalue weighted by molar-refractivity contribution is 5.80. The molecule has 1 aromatic rings. The number of aromatic nitrogens is 1. The largest absolute Gasteiger partial charge is 0.387 e. The number of nitrogens with one attached hydrogen (secondary N) is 1. The lowest BCUT2D eigenvalue weighted by Crippen LogP contribution is -2.27. The highest BCUT2D eigenvalue weighted by Gasteiger charge is 2.23. The van der Waals surface area contributed by atoms with Crippen LogP contribution in [0, 0.1) is 11.3 Å². The first kappa shape index (κ1) is 7.34. The summed E-state index contributed by atoms with van der Waals surface area (Å²) in [6.07, 6.45) is 4.38. The van der Waals surface area contributed by atoms with E-state index in [0.29, 0.717) is 0 Å². The van der Waals surface area contributed by atoms with E-state index in [0.717, 1.165) is 25.0 Å². The summed E-state index contributed by atoms with van der Waals surface area (Å²) in [7, 11) is 0. The molecule has 1 atom stereocenters. The second-order valence-corrected chi connectivity index (χ2v) is 3.17. The van der Waals surface area contributed by atoms with Crippen molar-refractivity contribution >= 4 is 5.84 Å². The number of amidine groups is 1. The molecular formula is C8H11N3O. The molecule has 1 aliphatic rings. The fraction of sp³-hybridized carbons (Fsp3) is 0.500. The minimum absolute atomic E-state index is 0.158. The molecule has 0 saturated carbocycles. The van der Waals surface area contributed by atoms with Crippen LogP contribution in [0.2, 0.25) is 0 Å². The van der Waals surface area contributed by atoms with Crippen LogP contribution in [0.25, 0.3) is 0 Å². The predicted molar refractivity (Wildman–Crippen MR) is 43.9 cm³/mol. The number of hydrogen-bond acceptors (Lipinski definition) is 3. The molecule has 0 unspecified atom stereocenters. The SMILES string of the molecule is N=C(N)[C@@H]1CCc2cnoc2C1. The topological polar surface area (TPSA) is 75.9 Å². The quantitative estimate of drug-likeness (QED) is 0.475. The molecule has 3 N–H and O–H groups in total. The van der Waals surface area contributed by atoms with E-state index in [9.17, 15) is 0 Å². The van der Waals surface area contributed by atoms with Gasteiger partial charge in [0.2, 0.25) is 0 Å². The Kier molecular flexibility index (Phi) is 1.60. The Labute approximate surface area is 70.2 Å². The molecule has 1 heterocycles. The van der Waals surface area contributed by atoms with Crippen LogP contribution in [0.15, 0.2) is 10.7 Å². The Bertz CT molecular complexity index is 305. The van der Waals surface area contributed by atoms with E-state index in [-0.39, 0.29) is 11.8 Å². The van der Waals surface area contributed by atoms with Gasteiger partial charge in [-0.1, -0.05) is 5.16 Å². The van der Waals surface area contributed by atoms with Crippen molar-refractivity contribution in [3.63, 3.8) is 0 Å². The van der Waals surface area contributed by atoms with Gasteiger partial charge in [0.1, 0.15) is 5.76 Å². The van der Waals surface area contributed by atoms with Crippen molar-refractivity contribution in [1.29, 1.82) is 5.41 Å². The van der Waals surface area contributed by atoms with E-state index in [1.165, 1.54) is 5.56 Å². The third kappa shape index (κ3) is 1.09. The molecule has 0 aliphatic heterocycles. The van der Waals surface area contributed by atoms with E-state index in [2.05, 4.69) is 5.16 Å². The number of fused-ring (bicyclic) bond motifs is 1. The zero-order chi connectivity index (χ0) is 8.55. The number of aryl methyl sites for hydroxylation is 1. The highest BCUT2D eigenvalue weighted by Crippen LogP contribution is 2.24. The first-order chi connectivity index (χ1) is 5.77. The minimum Gasteiger partial charge on any atom is -0.387 e. The van der Waals surface area contributed by atoms with E-state index in [1.54, 1.807) is 6.20 Å². The van der Waals surface area contributed by atoms with Crippen molar-refractivity contribution < 1.29 is 4.52 Å². The molecule has 0 spiro atoms. The van der Waals surface area contributed by atoms with Crippen LogP contribution < -0.4 is 5.73 Å². The maximum atomic E-state index is 7.30. The third-order valence-corrected chi connectivity index (χ3v) is 2.36. The smallest absolute Gasteiger partial charge is 0.140 e. The van der Waals surface area contributed by atoms with Crippen LogP contribution in [0.1, 0.15) is 17.7 Å². The summed E-state index contributed by atoms with van der Waals surface area (Å²) in [5, 5.41) is 11.0. The zero-order valence-corrected chi connectivity index (χ0v) is 6.71. The van der Waals surface area contributed by atoms with Gasteiger partial charge in [-0.15, -0.1) is 0 Å². The molecule has 0 radical (unpaired) electrons. The van der Waals surface area contributed by atoms with Gasteiger partial charge in [0.05, 0.1) is 12.0 Å². The van der Waals surface area contributed by atoms with Crippen LogP contribution in [0.5, 0.6) is 0 Å². The van der Waals surface area contributed by atoms with E-state index in [4.69, 9.17) is 15.7 Å². The molecule has 0 saturated heterocycles. The van der Waals surface area contributed by atoms with Gasteiger partial charge in [-0.2, -0.15) is 0 Å². The summed E-state index contributed by atoms with van der Waals surface area (Å²) < 4.78 is 5.03. The summed E-state index contributed by atoms with van der Waals surface area (Å²) in [5.74, 6) is 1.32. The fourth-order valence-corrected chi connectivity index (χ4v) is 1.58. The first-order valence-corrected chi connectivity index (χ1v) is 4.03. The maximum Gasteiger partial charge on any atom is 0.140 e. The van der Waals surface area contributed by atoms with Gasteiger partial charge in [0.15, 0.2) is 0 Å². The Morgan fingerprint density at radius 2 is 2.58 bits per heavy atom. The monoisotopic (exact) mass is 165 g/mol. The summed E-state index contributed by atoms with van der Waals surface area (Å²) >= 11 is 0. The van der Waals surface area contributed by atoms with E-state index < -0.39 is 0 Å². The molecule has 1 aromatic heterocycles. The van der Waals surface area contributed by atoms with Gasteiger partial charge in [-0.3, -0.25) is 5.41 Å². The minimum atomic E-state index is 0.158. The van der Waals surface area contributed by atoms with Crippen LogP contribution >= 0.6 is 0 Å². The Morgan fingerprint density at radius 3 is 3.33 bits per heavy atom. The number of nitrogens with two attached hydrogens (primary N) is 1. The Balaban J connectivity index is 2.20. The Hall–Kier alpha value is -1.32. The fourth-order valence-electron chi connectivity index (χ4n) is 1.58. The normalized spacial score (nSPS) is 21.8. The van der Waals surface area contributed by atoms with Crippen molar-refractivity contribution in [2.24, 2.45) is 11.7 Å². The summed E-state index contributed by atoms with van der Waals surface area (Å²) in [6.45, 7) is 0. The molecule has 0 aromatic carbocycles. The molecular weight excluding hydrogens is 154 g/mol. The number of hydrogen-bond donors (Lipinski definition) is 2. The van der Waals surface area contributed by atoms with Gasteiger partial charge >= 0.3 is 0 Å². The lowest BCUT2D eigenvalue weighted by atomic mass is 9.88. The van der Waals surface area contributed by atoms with Crippen molar-refractivity contribution in [2.75, 3.05) is 0 Å². The van der Waals surface area contributed by atoms with Crippen LogP contribution in [-0.2, 0) is 12.8 Å². The van der Waals surface area contributed by atoms with Crippen LogP contribution in [0.3, 0.4) is 0 Å². The van der Waals surface area contributed by atoms with Gasteiger partial charge in [0, 0.05) is 17.9 Å². The summed E-state index contributed by atoms with van der Waals surface area (Å²) in [4.78, 5) is 0.